The molecule has 0 unspecified atom stereocenters. The highest BCUT2D eigenvalue weighted by molar-refractivity contribution is 5.44. The molecule has 0 aromatic heterocycles. The van der Waals surface area contributed by atoms with Crippen LogP contribution < -0.4 is 4.74 Å². The molecule has 0 radical (unpaired) electrons. The Hall–Kier alpha value is -2.41. The van der Waals surface area contributed by atoms with Crippen LogP contribution in [0.15, 0.2) is 48.5 Å². The van der Waals surface area contributed by atoms with Crippen LogP contribution >= 0.6 is 0 Å². The number of ether oxygens (including phenoxy) is 1. The zero-order valence-electron chi connectivity index (χ0n) is 21.0. The lowest BCUT2D eigenvalue weighted by Gasteiger charge is -2.28. The quantitative estimate of drug-likeness (QED) is 0.228. The fourth-order valence-electron chi connectivity index (χ4n) is 5.03. The van der Waals surface area contributed by atoms with E-state index in [4.69, 9.17) is 0 Å². The Morgan fingerprint density at radius 2 is 1.23 bits per heavy atom. The maximum absolute atomic E-state index is 12.3. The van der Waals surface area contributed by atoms with Crippen molar-refractivity contribution in [3.8, 4) is 17.6 Å². The van der Waals surface area contributed by atoms with E-state index in [1.165, 1.54) is 107 Å². The number of aryl methyl sites for hydroxylation is 1. The summed E-state index contributed by atoms with van der Waals surface area (Å²) in [5.41, 5.74) is 2.90. The molecule has 0 atom stereocenters. The topological polar surface area (TPSA) is 9.23 Å². The Bertz CT molecular complexity index is 911. The molecule has 1 aliphatic rings. The molecule has 190 valence electrons. The van der Waals surface area contributed by atoms with E-state index < -0.39 is 6.36 Å². The van der Waals surface area contributed by atoms with Crippen molar-refractivity contribution in [2.75, 3.05) is 0 Å². The number of halogens is 3. The molecule has 0 N–H and O–H groups in total. The summed E-state index contributed by atoms with van der Waals surface area (Å²) < 4.78 is 40.6. The largest absolute Gasteiger partial charge is 0.573 e. The lowest BCUT2D eigenvalue weighted by atomic mass is 9.77. The Morgan fingerprint density at radius 3 is 1.80 bits per heavy atom. The van der Waals surface area contributed by atoms with Gasteiger partial charge in [0.2, 0.25) is 0 Å². The SMILES string of the molecule is CCCCCCCCC1CCC(CCc2ccc(C#Cc3ccc(OC(F)(F)F)cc3)cc2)CC1. The lowest BCUT2D eigenvalue weighted by molar-refractivity contribution is -0.274. The van der Waals surface area contributed by atoms with E-state index in [9.17, 15) is 13.2 Å². The second-order valence-corrected chi connectivity index (χ2v) is 10.0. The maximum atomic E-state index is 12.3. The minimum absolute atomic E-state index is 0.237. The van der Waals surface area contributed by atoms with E-state index in [0.717, 1.165) is 23.8 Å². The number of hydrogen-bond donors (Lipinski definition) is 0. The van der Waals surface area contributed by atoms with Crippen molar-refractivity contribution < 1.29 is 17.9 Å². The van der Waals surface area contributed by atoms with Crippen molar-refractivity contribution in [1.29, 1.82) is 0 Å². The van der Waals surface area contributed by atoms with Crippen LogP contribution in [0.25, 0.3) is 0 Å². The highest BCUT2D eigenvalue weighted by Crippen LogP contribution is 2.34. The molecular formula is C31H39F3O. The molecule has 0 saturated heterocycles. The van der Waals surface area contributed by atoms with Crippen LogP contribution in [0.1, 0.15) is 101 Å². The average molecular weight is 485 g/mol. The summed E-state index contributed by atoms with van der Waals surface area (Å²) >= 11 is 0. The number of alkyl halides is 3. The highest BCUT2D eigenvalue weighted by atomic mass is 19.4. The van der Waals surface area contributed by atoms with Gasteiger partial charge >= 0.3 is 6.36 Å². The highest BCUT2D eigenvalue weighted by Gasteiger charge is 2.30. The summed E-state index contributed by atoms with van der Waals surface area (Å²) in [5, 5.41) is 0. The zero-order chi connectivity index (χ0) is 24.9. The first-order valence-electron chi connectivity index (χ1n) is 13.4. The number of benzene rings is 2. The van der Waals surface area contributed by atoms with Gasteiger partial charge in [0, 0.05) is 11.1 Å². The fraction of sp³-hybridized carbons (Fsp3) is 0.548. The molecule has 0 heterocycles. The third-order valence-corrected chi connectivity index (χ3v) is 7.17. The van der Waals surface area contributed by atoms with Gasteiger partial charge < -0.3 is 4.74 Å². The van der Waals surface area contributed by atoms with Gasteiger partial charge in [-0.2, -0.15) is 0 Å². The second-order valence-electron chi connectivity index (χ2n) is 10.0. The van der Waals surface area contributed by atoms with Gasteiger partial charge in [-0.25, -0.2) is 0 Å². The monoisotopic (exact) mass is 484 g/mol. The normalized spacial score (nSPS) is 18.1. The summed E-state index contributed by atoms with van der Waals surface area (Å²) in [4.78, 5) is 0. The van der Waals surface area contributed by atoms with Crippen molar-refractivity contribution in [3.63, 3.8) is 0 Å². The van der Waals surface area contributed by atoms with Crippen molar-refractivity contribution >= 4 is 0 Å². The van der Waals surface area contributed by atoms with E-state index in [0.29, 0.717) is 5.56 Å². The smallest absolute Gasteiger partial charge is 0.406 e. The molecule has 35 heavy (non-hydrogen) atoms. The third-order valence-electron chi connectivity index (χ3n) is 7.17. The predicted molar refractivity (Wildman–Crippen MR) is 137 cm³/mol. The van der Waals surface area contributed by atoms with Crippen molar-refractivity contribution in [1.82, 2.24) is 0 Å². The molecule has 4 heteroatoms. The van der Waals surface area contributed by atoms with Crippen LogP contribution in [0.2, 0.25) is 0 Å². The van der Waals surface area contributed by atoms with Crippen LogP contribution in [0, 0.1) is 23.7 Å². The first-order chi connectivity index (χ1) is 16.9. The van der Waals surface area contributed by atoms with Crippen LogP contribution in [-0.4, -0.2) is 6.36 Å². The molecule has 0 amide bonds. The van der Waals surface area contributed by atoms with E-state index in [1.54, 1.807) is 0 Å². The first kappa shape index (κ1) is 27.2. The molecule has 1 saturated carbocycles. The van der Waals surface area contributed by atoms with Gasteiger partial charge in [-0.1, -0.05) is 102 Å². The molecule has 0 bridgehead atoms. The zero-order valence-corrected chi connectivity index (χ0v) is 21.0. The van der Waals surface area contributed by atoms with Crippen LogP contribution in [0.3, 0.4) is 0 Å². The molecule has 1 nitrogen and oxygen atoms in total. The predicted octanol–water partition coefficient (Wildman–Crippen LogP) is 9.47. The Labute approximate surface area is 209 Å². The van der Waals surface area contributed by atoms with Gasteiger partial charge in [0.05, 0.1) is 0 Å². The van der Waals surface area contributed by atoms with Gasteiger partial charge in [-0.15, -0.1) is 13.2 Å². The van der Waals surface area contributed by atoms with E-state index in [-0.39, 0.29) is 5.75 Å². The summed E-state index contributed by atoms with van der Waals surface area (Å²) in [5.74, 6) is 7.67. The fourth-order valence-corrected chi connectivity index (χ4v) is 5.03. The molecule has 3 rings (SSSR count). The minimum Gasteiger partial charge on any atom is -0.406 e. The van der Waals surface area contributed by atoms with Gasteiger partial charge in [0.15, 0.2) is 0 Å². The summed E-state index contributed by atoms with van der Waals surface area (Å²) in [6, 6.07) is 14.0. The molecule has 1 aliphatic carbocycles. The number of rotatable bonds is 11. The minimum atomic E-state index is -4.68. The molecule has 2 aromatic rings. The van der Waals surface area contributed by atoms with Crippen LogP contribution in [0.4, 0.5) is 13.2 Å². The van der Waals surface area contributed by atoms with E-state index in [2.05, 4.69) is 35.6 Å². The third kappa shape index (κ3) is 10.8. The van der Waals surface area contributed by atoms with Crippen molar-refractivity contribution in [2.24, 2.45) is 11.8 Å². The maximum Gasteiger partial charge on any atom is 0.573 e. The molecule has 2 aromatic carbocycles. The van der Waals surface area contributed by atoms with Crippen LogP contribution in [0.5, 0.6) is 5.75 Å². The van der Waals surface area contributed by atoms with Gasteiger partial charge in [0.1, 0.15) is 5.75 Å². The number of unbranched alkanes of at least 4 members (excludes halogenated alkanes) is 5. The van der Waals surface area contributed by atoms with E-state index >= 15 is 0 Å². The second kappa shape index (κ2) is 14.2. The molecule has 0 aliphatic heterocycles. The standard InChI is InChI=1S/C31H39F3O/c1-2-3-4-5-6-7-8-25-9-11-26(12-10-25)13-14-27-15-17-28(18-16-27)19-20-29-21-23-30(24-22-29)35-31(32,33)34/h15-18,21-26H,2-14H2,1H3. The number of hydrogen-bond acceptors (Lipinski definition) is 1. The molecule has 1 fully saturated rings. The van der Waals surface area contributed by atoms with E-state index in [1.807, 2.05) is 12.1 Å². The first-order valence-corrected chi connectivity index (χ1v) is 13.4. The average Bonchev–Trinajstić information content (AvgIpc) is 2.85. The summed E-state index contributed by atoms with van der Waals surface area (Å²) in [6.07, 6.45) is 13.1. The Morgan fingerprint density at radius 1 is 0.714 bits per heavy atom. The summed E-state index contributed by atoms with van der Waals surface area (Å²) in [6.45, 7) is 2.28. The van der Waals surface area contributed by atoms with Gasteiger partial charge in [0.25, 0.3) is 0 Å². The summed E-state index contributed by atoms with van der Waals surface area (Å²) in [7, 11) is 0. The van der Waals surface area contributed by atoms with Gasteiger partial charge in [-0.05, 0) is 66.6 Å². The molecular weight excluding hydrogens is 445 g/mol. The van der Waals surface area contributed by atoms with Crippen molar-refractivity contribution in [3.05, 3.63) is 65.2 Å². The lowest BCUT2D eigenvalue weighted by Crippen LogP contribution is -2.16. The molecule has 0 spiro atoms. The Balaban J connectivity index is 1.35. The van der Waals surface area contributed by atoms with Crippen molar-refractivity contribution in [2.45, 2.75) is 96.8 Å². The van der Waals surface area contributed by atoms with Gasteiger partial charge in [-0.3, -0.25) is 0 Å². The Kier molecular flexibility index (Phi) is 11.0. The van der Waals surface area contributed by atoms with Crippen LogP contribution in [-0.2, 0) is 6.42 Å².